The number of aromatic nitrogens is 2. The highest BCUT2D eigenvalue weighted by Gasteiger charge is 2.39. The van der Waals surface area contributed by atoms with Crippen LogP contribution in [-0.2, 0) is 10.3 Å². The van der Waals surface area contributed by atoms with Crippen molar-refractivity contribution in [2.75, 3.05) is 19.0 Å². The Labute approximate surface area is 128 Å². The van der Waals surface area contributed by atoms with Crippen molar-refractivity contribution in [1.29, 1.82) is 0 Å². The minimum Gasteiger partial charge on any atom is -0.370 e. The molecule has 1 fully saturated rings. The molecule has 1 aliphatic rings. The van der Waals surface area contributed by atoms with Crippen LogP contribution in [0.5, 0.6) is 0 Å². The highest BCUT2D eigenvalue weighted by molar-refractivity contribution is 5.48. The summed E-state index contributed by atoms with van der Waals surface area (Å²) in [5.41, 5.74) is 2.04. The Balaban J connectivity index is 2.46. The third kappa shape index (κ3) is 3.20. The predicted molar refractivity (Wildman–Crippen MR) is 86.8 cm³/mol. The van der Waals surface area contributed by atoms with E-state index in [1.54, 1.807) is 7.11 Å². The quantitative estimate of drug-likeness (QED) is 0.855. The minimum absolute atomic E-state index is 0.275. The van der Waals surface area contributed by atoms with Crippen molar-refractivity contribution in [2.45, 2.75) is 71.3 Å². The normalized spacial score (nSPS) is 17.4. The average Bonchev–Trinajstić information content (AvgIpc) is 2.94. The first-order valence-electron chi connectivity index (χ1n) is 8.22. The highest BCUT2D eigenvalue weighted by atomic mass is 16.5. The van der Waals surface area contributed by atoms with Gasteiger partial charge in [0.2, 0.25) is 0 Å². The van der Waals surface area contributed by atoms with Gasteiger partial charge in [0.15, 0.2) is 5.82 Å². The number of ether oxygens (including phenoxy) is 1. The molecular weight excluding hydrogens is 262 g/mol. The van der Waals surface area contributed by atoms with Gasteiger partial charge in [0.1, 0.15) is 11.4 Å². The van der Waals surface area contributed by atoms with E-state index < -0.39 is 0 Å². The van der Waals surface area contributed by atoms with E-state index in [0.29, 0.717) is 5.92 Å². The molecule has 1 saturated carbocycles. The molecule has 1 N–H and O–H groups in total. The first-order chi connectivity index (χ1) is 10.0. The number of methoxy groups -OCH3 is 1. The van der Waals surface area contributed by atoms with Crippen LogP contribution < -0.4 is 5.32 Å². The van der Waals surface area contributed by atoms with Gasteiger partial charge in [-0.25, -0.2) is 9.97 Å². The standard InChI is InChI=1S/C17H29N3O/c1-6-11-18-15-14(12(2)3)13(4)19-16(20-15)17(21-5)9-7-8-10-17/h12H,6-11H2,1-5H3,(H,18,19,20). The molecule has 1 heterocycles. The van der Waals surface area contributed by atoms with Gasteiger partial charge in [-0.1, -0.05) is 20.8 Å². The number of rotatable bonds is 6. The molecule has 0 bridgehead atoms. The van der Waals surface area contributed by atoms with E-state index >= 15 is 0 Å². The van der Waals surface area contributed by atoms with E-state index in [1.807, 2.05) is 0 Å². The zero-order valence-electron chi connectivity index (χ0n) is 14.1. The molecule has 0 amide bonds. The van der Waals surface area contributed by atoms with Crippen LogP contribution >= 0.6 is 0 Å². The Morgan fingerprint density at radius 3 is 2.43 bits per heavy atom. The van der Waals surface area contributed by atoms with Crippen LogP contribution in [0.1, 0.15) is 75.9 Å². The maximum Gasteiger partial charge on any atom is 0.162 e. The number of hydrogen-bond donors (Lipinski definition) is 1. The first-order valence-corrected chi connectivity index (χ1v) is 8.22. The fraction of sp³-hybridized carbons (Fsp3) is 0.765. The van der Waals surface area contributed by atoms with Crippen LogP contribution in [0.15, 0.2) is 0 Å². The van der Waals surface area contributed by atoms with Gasteiger partial charge in [-0.3, -0.25) is 0 Å². The van der Waals surface area contributed by atoms with Crippen molar-refractivity contribution in [1.82, 2.24) is 9.97 Å². The van der Waals surface area contributed by atoms with Gasteiger partial charge >= 0.3 is 0 Å². The second-order valence-corrected chi connectivity index (χ2v) is 6.38. The summed E-state index contributed by atoms with van der Waals surface area (Å²) in [5.74, 6) is 2.28. The van der Waals surface area contributed by atoms with Gasteiger partial charge in [0.05, 0.1) is 0 Å². The van der Waals surface area contributed by atoms with Gasteiger partial charge in [0.25, 0.3) is 0 Å². The lowest BCUT2D eigenvalue weighted by Crippen LogP contribution is -2.29. The van der Waals surface area contributed by atoms with E-state index in [1.165, 1.54) is 18.4 Å². The molecule has 1 aliphatic carbocycles. The summed E-state index contributed by atoms with van der Waals surface area (Å²) in [4.78, 5) is 9.68. The number of anilines is 1. The van der Waals surface area contributed by atoms with Gasteiger partial charge in [0, 0.05) is 24.9 Å². The van der Waals surface area contributed by atoms with Crippen LogP contribution in [0.4, 0.5) is 5.82 Å². The van der Waals surface area contributed by atoms with Crippen molar-refractivity contribution < 1.29 is 4.74 Å². The fourth-order valence-corrected chi connectivity index (χ4v) is 3.32. The van der Waals surface area contributed by atoms with Crippen molar-refractivity contribution in [3.05, 3.63) is 17.1 Å². The first kappa shape index (κ1) is 16.2. The molecule has 118 valence electrons. The van der Waals surface area contributed by atoms with Crippen LogP contribution in [0, 0.1) is 6.92 Å². The zero-order valence-corrected chi connectivity index (χ0v) is 14.1. The zero-order chi connectivity index (χ0) is 15.5. The van der Waals surface area contributed by atoms with Crippen molar-refractivity contribution in [3.8, 4) is 0 Å². The summed E-state index contributed by atoms with van der Waals surface area (Å²) in [5, 5.41) is 3.48. The molecule has 21 heavy (non-hydrogen) atoms. The average molecular weight is 291 g/mol. The van der Waals surface area contributed by atoms with Crippen molar-refractivity contribution in [2.24, 2.45) is 0 Å². The Bertz CT molecular complexity index is 479. The van der Waals surface area contributed by atoms with Crippen LogP contribution in [-0.4, -0.2) is 23.6 Å². The Hall–Kier alpha value is -1.16. The van der Waals surface area contributed by atoms with E-state index in [9.17, 15) is 0 Å². The lowest BCUT2D eigenvalue weighted by molar-refractivity contribution is -0.0163. The van der Waals surface area contributed by atoms with Gasteiger partial charge in [-0.15, -0.1) is 0 Å². The van der Waals surface area contributed by atoms with Crippen LogP contribution in [0.3, 0.4) is 0 Å². The largest absolute Gasteiger partial charge is 0.370 e. The Kier molecular flexibility index (Phi) is 5.20. The van der Waals surface area contributed by atoms with E-state index in [4.69, 9.17) is 14.7 Å². The molecule has 0 saturated heterocycles. The monoisotopic (exact) mass is 291 g/mol. The summed E-state index contributed by atoms with van der Waals surface area (Å²) in [6.07, 6.45) is 5.53. The summed E-state index contributed by atoms with van der Waals surface area (Å²) >= 11 is 0. The summed E-state index contributed by atoms with van der Waals surface area (Å²) in [7, 11) is 1.79. The second-order valence-electron chi connectivity index (χ2n) is 6.38. The summed E-state index contributed by atoms with van der Waals surface area (Å²) < 4.78 is 5.85. The molecule has 0 spiro atoms. The molecule has 0 atom stereocenters. The van der Waals surface area contributed by atoms with Crippen molar-refractivity contribution >= 4 is 5.82 Å². The topological polar surface area (TPSA) is 47.0 Å². The minimum atomic E-state index is -0.275. The maximum atomic E-state index is 5.85. The summed E-state index contributed by atoms with van der Waals surface area (Å²) in [6, 6.07) is 0. The molecule has 0 aromatic carbocycles. The number of nitrogens with one attached hydrogen (secondary N) is 1. The lowest BCUT2D eigenvalue weighted by atomic mass is 9.98. The molecule has 4 nitrogen and oxygen atoms in total. The maximum absolute atomic E-state index is 5.85. The molecule has 0 aliphatic heterocycles. The van der Waals surface area contributed by atoms with Crippen LogP contribution in [0.2, 0.25) is 0 Å². The predicted octanol–water partition coefficient (Wildman–Crippen LogP) is 4.15. The molecule has 1 aromatic rings. The van der Waals surface area contributed by atoms with E-state index in [-0.39, 0.29) is 5.60 Å². The fourth-order valence-electron chi connectivity index (χ4n) is 3.32. The van der Waals surface area contributed by atoms with Gasteiger partial charge < -0.3 is 10.1 Å². The molecule has 0 unspecified atom stereocenters. The molecule has 0 radical (unpaired) electrons. The molecular formula is C17H29N3O. The molecule has 2 rings (SSSR count). The summed E-state index contributed by atoms with van der Waals surface area (Å²) in [6.45, 7) is 9.60. The Morgan fingerprint density at radius 2 is 1.90 bits per heavy atom. The highest BCUT2D eigenvalue weighted by Crippen LogP contribution is 2.41. The third-order valence-corrected chi connectivity index (χ3v) is 4.47. The smallest absolute Gasteiger partial charge is 0.162 e. The van der Waals surface area contributed by atoms with Crippen molar-refractivity contribution in [3.63, 3.8) is 0 Å². The van der Waals surface area contributed by atoms with Gasteiger partial charge in [-0.2, -0.15) is 0 Å². The number of hydrogen-bond acceptors (Lipinski definition) is 4. The Morgan fingerprint density at radius 1 is 1.24 bits per heavy atom. The van der Waals surface area contributed by atoms with Gasteiger partial charge in [-0.05, 0) is 44.9 Å². The lowest BCUT2D eigenvalue weighted by Gasteiger charge is -2.28. The molecule has 4 heteroatoms. The molecule has 1 aromatic heterocycles. The second kappa shape index (κ2) is 6.73. The van der Waals surface area contributed by atoms with E-state index in [0.717, 1.165) is 43.1 Å². The SMILES string of the molecule is CCCNc1nc(C2(OC)CCCC2)nc(C)c1C(C)C. The van der Waals surface area contributed by atoms with Crippen LogP contribution in [0.25, 0.3) is 0 Å². The third-order valence-electron chi connectivity index (χ3n) is 4.47. The number of nitrogens with zero attached hydrogens (tertiary/aromatic N) is 2. The van der Waals surface area contributed by atoms with E-state index in [2.05, 4.69) is 33.0 Å². The number of aryl methyl sites for hydroxylation is 1.